The Morgan fingerprint density at radius 2 is 2.14 bits per heavy atom. The molecule has 1 N–H and O–H groups in total. The fourth-order valence-electron chi connectivity index (χ4n) is 4.50. The van der Waals surface area contributed by atoms with Crippen LogP contribution in [0.2, 0.25) is 0 Å². The third-order valence-electron chi connectivity index (χ3n) is 5.91. The molecule has 0 unspecified atom stereocenters. The Bertz CT molecular complexity index is 901. The van der Waals surface area contributed by atoms with E-state index in [0.29, 0.717) is 18.5 Å². The van der Waals surface area contributed by atoms with Crippen LogP contribution in [0.25, 0.3) is 0 Å². The van der Waals surface area contributed by atoms with E-state index in [0.717, 1.165) is 30.4 Å². The number of nitrogens with zero attached hydrogens (tertiary/aromatic N) is 2. The summed E-state index contributed by atoms with van der Waals surface area (Å²) in [6.07, 6.45) is 6.34. The fraction of sp³-hybridized carbons (Fsp3) is 0.409. The highest BCUT2D eigenvalue weighted by molar-refractivity contribution is 5.96. The van der Waals surface area contributed by atoms with Gasteiger partial charge < -0.3 is 10.2 Å². The Morgan fingerprint density at radius 1 is 1.29 bits per heavy atom. The zero-order valence-electron chi connectivity index (χ0n) is 15.9. The van der Waals surface area contributed by atoms with Crippen molar-refractivity contribution in [2.45, 2.75) is 50.6 Å². The van der Waals surface area contributed by atoms with Crippen LogP contribution in [-0.2, 0) is 4.79 Å². The van der Waals surface area contributed by atoms with E-state index in [2.05, 4.69) is 10.3 Å². The van der Waals surface area contributed by atoms with Crippen molar-refractivity contribution in [3.63, 3.8) is 0 Å². The summed E-state index contributed by atoms with van der Waals surface area (Å²) in [5.74, 6) is -0.482. The van der Waals surface area contributed by atoms with Gasteiger partial charge in [-0.05, 0) is 49.1 Å². The normalized spacial score (nSPS) is 24.9. The van der Waals surface area contributed by atoms with Crippen LogP contribution in [0.3, 0.4) is 0 Å². The van der Waals surface area contributed by atoms with E-state index in [1.807, 2.05) is 17.9 Å². The van der Waals surface area contributed by atoms with Crippen LogP contribution in [-0.4, -0.2) is 40.3 Å². The molecule has 3 heterocycles. The first kappa shape index (κ1) is 18.6. The van der Waals surface area contributed by atoms with Gasteiger partial charge in [0.2, 0.25) is 5.91 Å². The number of hydrogen-bond donors (Lipinski definition) is 1. The number of halogens is 1. The van der Waals surface area contributed by atoms with Crippen LogP contribution in [0.5, 0.6) is 0 Å². The zero-order chi connectivity index (χ0) is 19.7. The molecule has 0 saturated carbocycles. The second-order valence-corrected chi connectivity index (χ2v) is 7.72. The number of nitrogens with one attached hydrogen (secondary N) is 1. The highest BCUT2D eigenvalue weighted by atomic mass is 19.1. The van der Waals surface area contributed by atoms with Crippen molar-refractivity contribution in [1.82, 2.24) is 15.2 Å². The quantitative estimate of drug-likeness (QED) is 0.869. The summed E-state index contributed by atoms with van der Waals surface area (Å²) in [7, 11) is 0. The second-order valence-electron chi connectivity index (χ2n) is 7.72. The molecule has 1 aromatic heterocycles. The lowest BCUT2D eigenvalue weighted by atomic mass is 9.88. The minimum Gasteiger partial charge on any atom is -0.351 e. The largest absolute Gasteiger partial charge is 0.351 e. The number of carbonyl (C=O) groups excluding carboxylic acids is 2. The molecule has 0 radical (unpaired) electrons. The molecule has 6 heteroatoms. The Kier molecular flexibility index (Phi) is 5.11. The van der Waals surface area contributed by atoms with Crippen molar-refractivity contribution in [3.05, 3.63) is 65.2 Å². The summed E-state index contributed by atoms with van der Waals surface area (Å²) < 4.78 is 13.9. The lowest BCUT2D eigenvalue weighted by Crippen LogP contribution is -2.48. The average molecular weight is 381 g/mol. The third kappa shape index (κ3) is 3.51. The molecule has 2 fully saturated rings. The maximum atomic E-state index is 13.9. The summed E-state index contributed by atoms with van der Waals surface area (Å²) in [5, 5.41) is 3.13. The number of carbonyl (C=O) groups is 2. The number of amides is 2. The van der Waals surface area contributed by atoms with Crippen molar-refractivity contribution in [2.24, 2.45) is 0 Å². The summed E-state index contributed by atoms with van der Waals surface area (Å²) in [4.78, 5) is 31.6. The van der Waals surface area contributed by atoms with Crippen molar-refractivity contribution < 1.29 is 14.0 Å². The number of fused-ring (bicyclic) bond motifs is 1. The molecule has 2 aromatic rings. The highest BCUT2D eigenvalue weighted by Crippen LogP contribution is 2.37. The fourth-order valence-corrected chi connectivity index (χ4v) is 4.50. The van der Waals surface area contributed by atoms with E-state index in [-0.39, 0.29) is 35.6 Å². The predicted octanol–water partition coefficient (Wildman–Crippen LogP) is 3.20. The van der Waals surface area contributed by atoms with Gasteiger partial charge in [-0.2, -0.15) is 0 Å². The van der Waals surface area contributed by atoms with Gasteiger partial charge in [0.1, 0.15) is 5.82 Å². The van der Waals surface area contributed by atoms with E-state index >= 15 is 0 Å². The molecule has 2 aliphatic heterocycles. The summed E-state index contributed by atoms with van der Waals surface area (Å²) in [6, 6.07) is 7.92. The lowest BCUT2D eigenvalue weighted by molar-refractivity contribution is -0.122. The van der Waals surface area contributed by atoms with Gasteiger partial charge in [-0.15, -0.1) is 0 Å². The van der Waals surface area contributed by atoms with Crippen LogP contribution in [0, 0.1) is 12.7 Å². The number of benzene rings is 1. The average Bonchev–Trinajstić information content (AvgIpc) is 3.01. The molecule has 4 rings (SSSR count). The Balaban J connectivity index is 1.71. The van der Waals surface area contributed by atoms with Gasteiger partial charge in [0, 0.05) is 36.8 Å². The van der Waals surface area contributed by atoms with Gasteiger partial charge >= 0.3 is 0 Å². The van der Waals surface area contributed by atoms with E-state index in [4.69, 9.17) is 0 Å². The number of pyridine rings is 1. The summed E-state index contributed by atoms with van der Waals surface area (Å²) in [5.41, 5.74) is 2.27. The van der Waals surface area contributed by atoms with E-state index < -0.39 is 0 Å². The van der Waals surface area contributed by atoms with Crippen LogP contribution in [0.15, 0.2) is 42.7 Å². The minimum absolute atomic E-state index is 0.00509. The topological polar surface area (TPSA) is 62.3 Å². The predicted molar refractivity (Wildman–Crippen MR) is 103 cm³/mol. The molecule has 0 aliphatic carbocycles. The van der Waals surface area contributed by atoms with E-state index in [1.54, 1.807) is 24.5 Å². The molecular formula is C22H24FN3O2. The second kappa shape index (κ2) is 7.70. The molecule has 2 aliphatic rings. The molecule has 5 nitrogen and oxygen atoms in total. The first-order chi connectivity index (χ1) is 13.5. The van der Waals surface area contributed by atoms with Crippen molar-refractivity contribution in [3.8, 4) is 0 Å². The molecule has 0 spiro atoms. The molecule has 2 saturated heterocycles. The van der Waals surface area contributed by atoms with Crippen molar-refractivity contribution >= 4 is 11.8 Å². The van der Waals surface area contributed by atoms with Gasteiger partial charge in [0.25, 0.3) is 5.91 Å². The van der Waals surface area contributed by atoms with Gasteiger partial charge in [-0.3, -0.25) is 14.6 Å². The number of aryl methyl sites for hydroxylation is 1. The molecule has 28 heavy (non-hydrogen) atoms. The van der Waals surface area contributed by atoms with Crippen LogP contribution in [0.4, 0.5) is 4.39 Å². The maximum absolute atomic E-state index is 13.9. The van der Waals surface area contributed by atoms with Gasteiger partial charge in [-0.1, -0.05) is 18.6 Å². The van der Waals surface area contributed by atoms with Crippen LogP contribution >= 0.6 is 0 Å². The number of likely N-dealkylation sites (tertiary alicyclic amines) is 1. The number of hydrogen-bond acceptors (Lipinski definition) is 3. The Labute approximate surface area is 164 Å². The highest BCUT2D eigenvalue weighted by Gasteiger charge is 2.45. The SMILES string of the molecule is Cc1cnccc1C(=O)N1C[C@@H](c2cccc(F)c2)[C@@H]2NC(=O)CCCC[C@H]21. The Hall–Kier alpha value is -2.76. The van der Waals surface area contributed by atoms with E-state index in [1.165, 1.54) is 12.1 Å². The van der Waals surface area contributed by atoms with Crippen LogP contribution < -0.4 is 5.32 Å². The maximum Gasteiger partial charge on any atom is 0.254 e. The van der Waals surface area contributed by atoms with Gasteiger partial charge in [0.15, 0.2) is 0 Å². The summed E-state index contributed by atoms with van der Waals surface area (Å²) >= 11 is 0. The molecule has 0 bridgehead atoms. The molecular weight excluding hydrogens is 357 g/mol. The van der Waals surface area contributed by atoms with Crippen molar-refractivity contribution in [1.29, 1.82) is 0 Å². The monoisotopic (exact) mass is 381 g/mol. The lowest BCUT2D eigenvalue weighted by Gasteiger charge is -2.31. The van der Waals surface area contributed by atoms with Crippen LogP contribution in [0.1, 0.15) is 53.1 Å². The Morgan fingerprint density at radius 3 is 2.93 bits per heavy atom. The first-order valence-corrected chi connectivity index (χ1v) is 9.81. The summed E-state index contributed by atoms with van der Waals surface area (Å²) in [6.45, 7) is 2.33. The first-order valence-electron chi connectivity index (χ1n) is 9.81. The van der Waals surface area contributed by atoms with E-state index in [9.17, 15) is 14.0 Å². The minimum atomic E-state index is -0.305. The molecule has 146 valence electrons. The smallest absolute Gasteiger partial charge is 0.254 e. The van der Waals surface area contributed by atoms with Gasteiger partial charge in [0.05, 0.1) is 12.1 Å². The standard InChI is InChI=1S/C22H24FN3O2/c1-14-12-24-10-9-17(14)22(28)26-13-18(15-5-4-6-16(23)11-15)21-19(26)7-2-3-8-20(27)25-21/h4-6,9-12,18-19,21H,2-3,7-8,13H2,1H3,(H,25,27)/t18-,19+,21-/m0/s1. The number of rotatable bonds is 2. The van der Waals surface area contributed by atoms with Gasteiger partial charge in [-0.25, -0.2) is 4.39 Å². The van der Waals surface area contributed by atoms with Crippen molar-refractivity contribution in [2.75, 3.05) is 6.54 Å². The zero-order valence-corrected chi connectivity index (χ0v) is 15.9. The molecule has 2 amide bonds. The number of aromatic nitrogens is 1. The molecule has 1 aromatic carbocycles. The third-order valence-corrected chi connectivity index (χ3v) is 5.91. The molecule has 3 atom stereocenters.